The van der Waals surface area contributed by atoms with Crippen LogP contribution in [0.15, 0.2) is 0 Å². The van der Waals surface area contributed by atoms with Crippen molar-refractivity contribution in [1.82, 2.24) is 20.0 Å². The molecule has 0 aromatic rings. The second kappa shape index (κ2) is 6.85. The molecule has 2 aliphatic rings. The van der Waals surface area contributed by atoms with Crippen LogP contribution in [0, 0.1) is 5.92 Å². The molecule has 0 bridgehead atoms. The molecule has 0 aliphatic carbocycles. The van der Waals surface area contributed by atoms with Gasteiger partial charge in [-0.3, -0.25) is 4.90 Å². The van der Waals surface area contributed by atoms with Gasteiger partial charge in [-0.2, -0.15) is 0 Å². The van der Waals surface area contributed by atoms with E-state index in [1.807, 2.05) is 0 Å². The molecule has 2 fully saturated rings. The fourth-order valence-corrected chi connectivity index (χ4v) is 3.14. The Morgan fingerprint density at radius 2 is 1.94 bits per heavy atom. The van der Waals surface area contributed by atoms with Crippen LogP contribution in [0.1, 0.15) is 13.3 Å². The normalized spacial score (nSPS) is 34.2. The first-order valence-electron chi connectivity index (χ1n) is 7.47. The zero-order valence-corrected chi connectivity index (χ0v) is 12.4. The molecule has 4 heteroatoms. The van der Waals surface area contributed by atoms with Crippen LogP contribution in [0.5, 0.6) is 0 Å². The van der Waals surface area contributed by atoms with Gasteiger partial charge in [-0.15, -0.1) is 0 Å². The summed E-state index contributed by atoms with van der Waals surface area (Å²) in [6.07, 6.45) is 1.29. The molecule has 2 unspecified atom stereocenters. The van der Waals surface area contributed by atoms with Crippen molar-refractivity contribution in [2.45, 2.75) is 19.4 Å². The van der Waals surface area contributed by atoms with Gasteiger partial charge >= 0.3 is 0 Å². The average molecular weight is 254 g/mol. The van der Waals surface area contributed by atoms with E-state index in [9.17, 15) is 0 Å². The van der Waals surface area contributed by atoms with Crippen molar-refractivity contribution >= 4 is 0 Å². The van der Waals surface area contributed by atoms with E-state index in [1.165, 1.54) is 58.8 Å². The van der Waals surface area contributed by atoms with Gasteiger partial charge in [-0.1, -0.05) is 6.92 Å². The van der Waals surface area contributed by atoms with Gasteiger partial charge < -0.3 is 15.1 Å². The van der Waals surface area contributed by atoms with Gasteiger partial charge in [0.05, 0.1) is 0 Å². The molecule has 1 N–H and O–H groups in total. The number of hydrogen-bond donors (Lipinski definition) is 1. The molecule has 0 saturated carbocycles. The minimum Gasteiger partial charge on any atom is -0.316 e. The quantitative estimate of drug-likeness (QED) is 0.758. The van der Waals surface area contributed by atoms with E-state index < -0.39 is 0 Å². The van der Waals surface area contributed by atoms with Crippen molar-refractivity contribution in [2.75, 3.05) is 66.5 Å². The molecule has 2 rings (SSSR count). The second-order valence-corrected chi connectivity index (χ2v) is 6.32. The zero-order valence-electron chi connectivity index (χ0n) is 12.4. The van der Waals surface area contributed by atoms with E-state index in [4.69, 9.17) is 0 Å². The second-order valence-electron chi connectivity index (χ2n) is 6.32. The molecule has 2 saturated heterocycles. The lowest BCUT2D eigenvalue weighted by atomic mass is 10.1. The maximum atomic E-state index is 3.53. The van der Waals surface area contributed by atoms with Crippen molar-refractivity contribution in [3.8, 4) is 0 Å². The van der Waals surface area contributed by atoms with E-state index >= 15 is 0 Å². The van der Waals surface area contributed by atoms with E-state index in [1.54, 1.807) is 0 Å². The maximum absolute atomic E-state index is 3.53. The van der Waals surface area contributed by atoms with Crippen molar-refractivity contribution in [1.29, 1.82) is 0 Å². The third-order valence-electron chi connectivity index (χ3n) is 4.34. The van der Waals surface area contributed by atoms with Gasteiger partial charge in [0.1, 0.15) is 0 Å². The average Bonchev–Trinajstić information content (AvgIpc) is 2.30. The number of rotatable bonds is 2. The highest BCUT2D eigenvalue weighted by Gasteiger charge is 2.25. The summed E-state index contributed by atoms with van der Waals surface area (Å²) in [5.41, 5.74) is 0. The zero-order chi connectivity index (χ0) is 13.0. The summed E-state index contributed by atoms with van der Waals surface area (Å²) < 4.78 is 0. The molecular weight excluding hydrogens is 224 g/mol. The van der Waals surface area contributed by atoms with Gasteiger partial charge in [0.2, 0.25) is 0 Å². The molecule has 106 valence electrons. The van der Waals surface area contributed by atoms with Crippen LogP contribution in [0.3, 0.4) is 0 Å². The van der Waals surface area contributed by atoms with E-state index in [-0.39, 0.29) is 0 Å². The molecule has 18 heavy (non-hydrogen) atoms. The molecule has 0 radical (unpaired) electrons. The van der Waals surface area contributed by atoms with Crippen LogP contribution in [-0.4, -0.2) is 87.2 Å². The largest absolute Gasteiger partial charge is 0.316 e. The van der Waals surface area contributed by atoms with Gasteiger partial charge in [0.25, 0.3) is 0 Å². The fraction of sp³-hybridized carbons (Fsp3) is 1.00. The Labute approximate surface area is 112 Å². The van der Waals surface area contributed by atoms with Crippen molar-refractivity contribution in [3.63, 3.8) is 0 Å². The molecular formula is C14H30N4. The number of piperazine rings is 1. The first-order valence-corrected chi connectivity index (χ1v) is 7.47. The van der Waals surface area contributed by atoms with Gasteiger partial charge in [0.15, 0.2) is 0 Å². The predicted molar refractivity (Wildman–Crippen MR) is 77.0 cm³/mol. The lowest BCUT2D eigenvalue weighted by Gasteiger charge is -2.41. The number of likely N-dealkylation sites (N-methyl/N-ethyl adjacent to an activating group) is 2. The lowest BCUT2D eigenvalue weighted by Crippen LogP contribution is -2.55. The summed E-state index contributed by atoms with van der Waals surface area (Å²) in [5, 5.41) is 3.53. The Bertz CT molecular complexity index is 246. The molecule has 0 aromatic carbocycles. The molecule has 4 nitrogen and oxygen atoms in total. The van der Waals surface area contributed by atoms with Crippen LogP contribution in [0.4, 0.5) is 0 Å². The highest BCUT2D eigenvalue weighted by atomic mass is 15.3. The Balaban J connectivity index is 1.85. The first-order chi connectivity index (χ1) is 8.65. The minimum absolute atomic E-state index is 0.711. The van der Waals surface area contributed by atoms with Crippen molar-refractivity contribution in [3.05, 3.63) is 0 Å². The summed E-state index contributed by atoms with van der Waals surface area (Å²) in [7, 11) is 4.53. The highest BCUT2D eigenvalue weighted by Crippen LogP contribution is 2.10. The van der Waals surface area contributed by atoms with Gasteiger partial charge in [-0.05, 0) is 46.1 Å². The number of nitrogens with zero attached hydrogens (tertiary/aromatic N) is 3. The number of hydrogen-bond acceptors (Lipinski definition) is 4. The third kappa shape index (κ3) is 4.19. The Morgan fingerprint density at radius 1 is 1.11 bits per heavy atom. The Hall–Kier alpha value is -0.160. The van der Waals surface area contributed by atoms with Crippen molar-refractivity contribution in [2.24, 2.45) is 5.92 Å². The summed E-state index contributed by atoms with van der Waals surface area (Å²) in [5.74, 6) is 0.775. The van der Waals surface area contributed by atoms with Crippen LogP contribution in [0.25, 0.3) is 0 Å². The van der Waals surface area contributed by atoms with Crippen LogP contribution >= 0.6 is 0 Å². The monoisotopic (exact) mass is 254 g/mol. The highest BCUT2D eigenvalue weighted by molar-refractivity contribution is 4.82. The van der Waals surface area contributed by atoms with Crippen LogP contribution in [-0.2, 0) is 0 Å². The maximum Gasteiger partial charge on any atom is 0.0347 e. The van der Waals surface area contributed by atoms with Gasteiger partial charge in [-0.25, -0.2) is 0 Å². The summed E-state index contributed by atoms with van der Waals surface area (Å²) in [6, 6.07) is 0.711. The van der Waals surface area contributed by atoms with E-state index in [2.05, 4.69) is 41.0 Å². The standard InChI is InChI=1S/C14H30N4/c1-13-9-15-5-4-6-18(10-13)12-14-11-16(2)7-8-17(14)3/h13-15H,4-12H2,1-3H3. The topological polar surface area (TPSA) is 21.8 Å². The third-order valence-corrected chi connectivity index (χ3v) is 4.34. The van der Waals surface area contributed by atoms with Crippen LogP contribution in [0.2, 0.25) is 0 Å². The smallest absolute Gasteiger partial charge is 0.0347 e. The van der Waals surface area contributed by atoms with Crippen LogP contribution < -0.4 is 5.32 Å². The first kappa shape index (κ1) is 14.3. The molecule has 0 aromatic heterocycles. The summed E-state index contributed by atoms with van der Waals surface area (Å²) in [6.45, 7) is 12.1. The SMILES string of the molecule is CC1CNCCCN(CC2CN(C)CCN2C)C1. The molecule has 2 heterocycles. The molecule has 0 spiro atoms. The fourth-order valence-electron chi connectivity index (χ4n) is 3.14. The molecule has 2 atom stereocenters. The molecule has 2 aliphatic heterocycles. The minimum atomic E-state index is 0.711. The Kier molecular flexibility index (Phi) is 5.42. The summed E-state index contributed by atoms with van der Waals surface area (Å²) in [4.78, 5) is 7.70. The number of nitrogens with one attached hydrogen (secondary N) is 1. The Morgan fingerprint density at radius 3 is 2.78 bits per heavy atom. The van der Waals surface area contributed by atoms with Gasteiger partial charge in [0, 0.05) is 38.8 Å². The van der Waals surface area contributed by atoms with Crippen molar-refractivity contribution < 1.29 is 0 Å². The lowest BCUT2D eigenvalue weighted by molar-refractivity contribution is 0.0754. The van der Waals surface area contributed by atoms with E-state index in [0.29, 0.717) is 6.04 Å². The summed E-state index contributed by atoms with van der Waals surface area (Å²) >= 11 is 0. The predicted octanol–water partition coefficient (Wildman–Crippen LogP) is 0.164. The van der Waals surface area contributed by atoms with E-state index in [0.717, 1.165) is 5.92 Å². The molecule has 0 amide bonds.